The number of ether oxygens (including phenoxy) is 1. The quantitative estimate of drug-likeness (QED) is 0.828. The Morgan fingerprint density at radius 1 is 1.45 bits per heavy atom. The zero-order valence-corrected chi connectivity index (χ0v) is 14.0. The Morgan fingerprint density at radius 2 is 2.18 bits per heavy atom. The molecule has 1 saturated heterocycles. The lowest BCUT2D eigenvalue weighted by Gasteiger charge is -2.34. The van der Waals surface area contributed by atoms with E-state index in [0.29, 0.717) is 0 Å². The summed E-state index contributed by atoms with van der Waals surface area (Å²) in [6.07, 6.45) is 5.64. The molecular weight excluding hydrogens is 278 g/mol. The third kappa shape index (κ3) is 5.23. The second-order valence-corrected chi connectivity index (χ2v) is 6.27. The van der Waals surface area contributed by atoms with Crippen molar-refractivity contribution in [3.63, 3.8) is 0 Å². The van der Waals surface area contributed by atoms with Crippen LogP contribution < -0.4 is 4.74 Å². The maximum Gasteiger partial charge on any atom is 0.125 e. The first kappa shape index (κ1) is 17.2. The number of nitrogens with zero attached hydrogens (tertiary/aromatic N) is 3. The van der Waals surface area contributed by atoms with Gasteiger partial charge in [0.25, 0.3) is 0 Å². The lowest BCUT2D eigenvalue weighted by atomic mass is 10.1. The van der Waals surface area contributed by atoms with Crippen LogP contribution in [-0.2, 0) is 0 Å². The molecule has 1 unspecified atom stereocenters. The third-order valence-electron chi connectivity index (χ3n) is 4.33. The van der Waals surface area contributed by atoms with Crippen LogP contribution in [-0.4, -0.2) is 71.9 Å². The van der Waals surface area contributed by atoms with Crippen LogP contribution in [0.25, 0.3) is 0 Å². The highest BCUT2D eigenvalue weighted by Crippen LogP contribution is 2.21. The summed E-state index contributed by atoms with van der Waals surface area (Å²) in [4.78, 5) is 8.58. The van der Waals surface area contributed by atoms with E-state index in [-0.39, 0.29) is 12.2 Å². The van der Waals surface area contributed by atoms with Crippen LogP contribution in [0.3, 0.4) is 0 Å². The maximum absolute atomic E-state index is 10.1. The van der Waals surface area contributed by atoms with Crippen molar-refractivity contribution in [1.82, 2.24) is 14.8 Å². The topological polar surface area (TPSA) is 48.8 Å². The molecule has 0 saturated carbocycles. The van der Waals surface area contributed by atoms with Crippen molar-refractivity contribution >= 4 is 0 Å². The molecule has 2 rings (SSSR count). The van der Waals surface area contributed by atoms with E-state index >= 15 is 0 Å². The largest absolute Gasteiger partial charge is 0.490 e. The Labute approximate surface area is 133 Å². The monoisotopic (exact) mass is 307 g/mol. The SMILES string of the molecule is CCN(C)CC(O)CN1CCC(Oc2ccncc2C)CC1. The number of hydrogen-bond donors (Lipinski definition) is 1. The summed E-state index contributed by atoms with van der Waals surface area (Å²) in [7, 11) is 2.04. The molecule has 1 fully saturated rings. The van der Waals surface area contributed by atoms with Gasteiger partial charge in [-0.05, 0) is 39.4 Å². The lowest BCUT2D eigenvalue weighted by molar-refractivity contribution is 0.0485. The molecule has 0 aliphatic carbocycles. The molecule has 22 heavy (non-hydrogen) atoms. The number of β-amino-alcohol motifs (C(OH)–C–C–N with tert-alkyl or cyclic N) is 1. The minimum absolute atomic E-state index is 0.271. The van der Waals surface area contributed by atoms with Crippen molar-refractivity contribution in [3.8, 4) is 5.75 Å². The van der Waals surface area contributed by atoms with Crippen LogP contribution in [0, 0.1) is 6.92 Å². The number of rotatable bonds is 7. The van der Waals surface area contributed by atoms with E-state index in [4.69, 9.17) is 4.74 Å². The summed E-state index contributed by atoms with van der Waals surface area (Å²) in [5.74, 6) is 0.943. The molecule has 5 nitrogen and oxygen atoms in total. The molecule has 1 N–H and O–H groups in total. The fraction of sp³-hybridized carbons (Fsp3) is 0.706. The van der Waals surface area contributed by atoms with Crippen LogP contribution >= 0.6 is 0 Å². The molecule has 1 aliphatic heterocycles. The van der Waals surface area contributed by atoms with Gasteiger partial charge in [-0.15, -0.1) is 0 Å². The van der Waals surface area contributed by atoms with Crippen LogP contribution in [0.5, 0.6) is 5.75 Å². The number of hydrogen-bond acceptors (Lipinski definition) is 5. The predicted molar refractivity (Wildman–Crippen MR) is 88.2 cm³/mol. The van der Waals surface area contributed by atoms with Crippen molar-refractivity contribution in [3.05, 3.63) is 24.0 Å². The minimum Gasteiger partial charge on any atom is -0.490 e. The molecule has 2 heterocycles. The van der Waals surface area contributed by atoms with Crippen LogP contribution in [0.1, 0.15) is 25.3 Å². The highest BCUT2D eigenvalue weighted by molar-refractivity contribution is 5.28. The average Bonchev–Trinajstić information content (AvgIpc) is 2.51. The van der Waals surface area contributed by atoms with Crippen molar-refractivity contribution in [1.29, 1.82) is 0 Å². The fourth-order valence-electron chi connectivity index (χ4n) is 2.83. The van der Waals surface area contributed by atoms with Gasteiger partial charge in [0.05, 0.1) is 6.10 Å². The van der Waals surface area contributed by atoms with Gasteiger partial charge in [0.2, 0.25) is 0 Å². The number of aliphatic hydroxyl groups is 1. The van der Waals surface area contributed by atoms with E-state index in [9.17, 15) is 5.11 Å². The minimum atomic E-state index is -0.273. The number of aryl methyl sites for hydroxylation is 1. The van der Waals surface area contributed by atoms with Gasteiger partial charge in [-0.1, -0.05) is 6.92 Å². The first-order chi connectivity index (χ1) is 10.6. The van der Waals surface area contributed by atoms with Crippen LogP contribution in [0.4, 0.5) is 0 Å². The second kappa shape index (κ2) is 8.46. The molecule has 0 radical (unpaired) electrons. The van der Waals surface area contributed by atoms with Crippen LogP contribution in [0.2, 0.25) is 0 Å². The summed E-state index contributed by atoms with van der Waals surface area (Å²) in [5.41, 5.74) is 1.09. The molecule has 124 valence electrons. The van der Waals surface area contributed by atoms with Crippen LogP contribution in [0.15, 0.2) is 18.5 Å². The van der Waals surface area contributed by atoms with Gasteiger partial charge < -0.3 is 19.6 Å². The Hall–Kier alpha value is -1.17. The second-order valence-electron chi connectivity index (χ2n) is 6.27. The smallest absolute Gasteiger partial charge is 0.125 e. The summed E-state index contributed by atoms with van der Waals surface area (Å²) in [5, 5.41) is 10.1. The Balaban J connectivity index is 1.73. The molecular formula is C17H29N3O2. The fourth-order valence-corrected chi connectivity index (χ4v) is 2.83. The molecule has 0 bridgehead atoms. The molecule has 0 amide bonds. The standard InChI is InChI=1S/C17H29N3O2/c1-4-19(3)12-15(21)13-20-9-6-16(7-10-20)22-17-5-8-18-11-14(17)2/h5,8,11,15-16,21H,4,6-7,9-10,12-13H2,1-3H3. The van der Waals surface area contributed by atoms with Gasteiger partial charge in [0, 0.05) is 44.1 Å². The van der Waals surface area contributed by atoms with Crippen molar-refractivity contribution in [2.24, 2.45) is 0 Å². The number of aliphatic hydroxyl groups excluding tert-OH is 1. The molecule has 1 atom stereocenters. The summed E-state index contributed by atoms with van der Waals surface area (Å²) >= 11 is 0. The van der Waals surface area contributed by atoms with Crippen molar-refractivity contribution in [2.75, 3.05) is 39.8 Å². The van der Waals surface area contributed by atoms with Gasteiger partial charge in [0.1, 0.15) is 11.9 Å². The lowest BCUT2D eigenvalue weighted by Crippen LogP contribution is -2.44. The van der Waals surface area contributed by atoms with E-state index in [1.165, 1.54) is 0 Å². The number of piperidine rings is 1. The third-order valence-corrected chi connectivity index (χ3v) is 4.33. The normalized spacial score (nSPS) is 18.6. The maximum atomic E-state index is 10.1. The Kier molecular flexibility index (Phi) is 6.61. The van der Waals surface area contributed by atoms with Gasteiger partial charge in [-0.25, -0.2) is 0 Å². The zero-order valence-electron chi connectivity index (χ0n) is 14.0. The predicted octanol–water partition coefficient (Wildman–Crippen LogP) is 1.55. The number of pyridine rings is 1. The highest BCUT2D eigenvalue weighted by Gasteiger charge is 2.22. The number of aromatic nitrogens is 1. The van der Waals surface area contributed by atoms with E-state index < -0.39 is 0 Å². The first-order valence-electron chi connectivity index (χ1n) is 8.24. The first-order valence-corrected chi connectivity index (χ1v) is 8.24. The molecule has 0 spiro atoms. The average molecular weight is 307 g/mol. The zero-order chi connectivity index (χ0) is 15.9. The van der Waals surface area contributed by atoms with E-state index in [1.54, 1.807) is 6.20 Å². The number of likely N-dealkylation sites (N-methyl/N-ethyl adjacent to an activating group) is 1. The Morgan fingerprint density at radius 3 is 2.82 bits per heavy atom. The highest BCUT2D eigenvalue weighted by atomic mass is 16.5. The van der Waals surface area contributed by atoms with E-state index in [1.807, 2.05) is 26.2 Å². The Bertz CT molecular complexity index is 447. The summed E-state index contributed by atoms with van der Waals surface area (Å²) < 4.78 is 6.08. The molecule has 1 aromatic rings. The van der Waals surface area contributed by atoms with Gasteiger partial charge in [-0.3, -0.25) is 4.98 Å². The van der Waals surface area contributed by atoms with Crippen molar-refractivity contribution in [2.45, 2.75) is 38.9 Å². The van der Waals surface area contributed by atoms with Gasteiger partial charge >= 0.3 is 0 Å². The van der Waals surface area contributed by atoms with Gasteiger partial charge in [0.15, 0.2) is 0 Å². The van der Waals surface area contributed by atoms with E-state index in [0.717, 1.165) is 56.9 Å². The molecule has 0 aromatic carbocycles. The van der Waals surface area contributed by atoms with Crippen molar-refractivity contribution < 1.29 is 9.84 Å². The summed E-state index contributed by atoms with van der Waals surface area (Å²) in [6, 6.07) is 1.94. The molecule has 1 aromatic heterocycles. The summed E-state index contributed by atoms with van der Waals surface area (Å²) in [6.45, 7) is 8.57. The van der Waals surface area contributed by atoms with E-state index in [2.05, 4.69) is 21.7 Å². The molecule has 1 aliphatic rings. The number of likely N-dealkylation sites (tertiary alicyclic amines) is 1. The molecule has 5 heteroatoms. The van der Waals surface area contributed by atoms with Gasteiger partial charge in [-0.2, -0.15) is 0 Å².